The van der Waals surface area contributed by atoms with Crippen LogP contribution in [0.2, 0.25) is 0 Å². The van der Waals surface area contributed by atoms with E-state index < -0.39 is 0 Å². The maximum atomic E-state index is 10.7. The minimum Gasteiger partial charge on any atom is -0.361 e. The quantitative estimate of drug-likeness (QED) is 0.660. The molecule has 0 spiro atoms. The van der Waals surface area contributed by atoms with Crippen molar-refractivity contribution < 1.29 is 9.53 Å². The third kappa shape index (κ3) is 3.86. The fourth-order valence-corrected chi connectivity index (χ4v) is 1.54. The predicted octanol–water partition coefficient (Wildman–Crippen LogP) is 0.580. The highest BCUT2D eigenvalue weighted by Gasteiger charge is 2.19. The van der Waals surface area contributed by atoms with Gasteiger partial charge in [-0.05, 0) is 19.9 Å². The Balaban J connectivity index is 2.18. The Bertz CT molecular complexity index is 235. The summed E-state index contributed by atoms with van der Waals surface area (Å²) in [6.07, 6.45) is 1.23. The summed E-state index contributed by atoms with van der Waals surface area (Å²) in [6.45, 7) is 4.67. The molecule has 1 aliphatic rings. The Morgan fingerprint density at radius 3 is 3.14 bits per heavy atom. The van der Waals surface area contributed by atoms with Gasteiger partial charge in [-0.3, -0.25) is 4.90 Å². The number of hydrogen-bond donors (Lipinski definition) is 0. The molecule has 0 bridgehead atoms. The first kappa shape index (κ1) is 11.2. The lowest BCUT2D eigenvalue weighted by molar-refractivity contribution is -0.117. The number of ketones is 1. The Morgan fingerprint density at radius 1 is 1.71 bits per heavy atom. The van der Waals surface area contributed by atoms with Crippen LogP contribution in [-0.4, -0.2) is 43.0 Å². The summed E-state index contributed by atoms with van der Waals surface area (Å²) in [4.78, 5) is 12.9. The molecule has 0 radical (unpaired) electrons. The van der Waals surface area contributed by atoms with Gasteiger partial charge in [-0.25, -0.2) is 0 Å². The minimum absolute atomic E-state index is 0.232. The largest absolute Gasteiger partial charge is 0.361 e. The highest BCUT2D eigenvalue weighted by atomic mass is 16.5. The van der Waals surface area contributed by atoms with Gasteiger partial charge in [0.15, 0.2) is 6.10 Å². The van der Waals surface area contributed by atoms with Crippen molar-refractivity contribution in [3.05, 3.63) is 0 Å². The number of nitrogens with zero attached hydrogens (tertiary/aromatic N) is 2. The van der Waals surface area contributed by atoms with E-state index in [-0.39, 0.29) is 11.9 Å². The summed E-state index contributed by atoms with van der Waals surface area (Å²) >= 11 is 0. The zero-order valence-corrected chi connectivity index (χ0v) is 8.53. The summed E-state index contributed by atoms with van der Waals surface area (Å²) < 4.78 is 5.22. The summed E-state index contributed by atoms with van der Waals surface area (Å²) in [5.41, 5.74) is 0. The topological polar surface area (TPSA) is 53.3 Å². The van der Waals surface area contributed by atoms with Gasteiger partial charge in [0.05, 0.1) is 12.7 Å². The van der Waals surface area contributed by atoms with E-state index in [0.29, 0.717) is 19.6 Å². The van der Waals surface area contributed by atoms with E-state index in [1.165, 1.54) is 0 Å². The van der Waals surface area contributed by atoms with E-state index in [1.54, 1.807) is 6.92 Å². The number of hydrogen-bond acceptors (Lipinski definition) is 4. The lowest BCUT2D eigenvalue weighted by atomic mass is 10.2. The molecule has 1 fully saturated rings. The van der Waals surface area contributed by atoms with E-state index in [9.17, 15) is 4.79 Å². The highest BCUT2D eigenvalue weighted by molar-refractivity contribution is 5.75. The van der Waals surface area contributed by atoms with E-state index in [1.807, 2.05) is 0 Å². The summed E-state index contributed by atoms with van der Waals surface area (Å²) in [7, 11) is 0. The second kappa shape index (κ2) is 5.74. The second-order valence-corrected chi connectivity index (χ2v) is 3.59. The van der Waals surface area contributed by atoms with Crippen LogP contribution < -0.4 is 0 Å². The first-order chi connectivity index (χ1) is 6.72. The van der Waals surface area contributed by atoms with E-state index in [0.717, 1.165) is 19.5 Å². The van der Waals surface area contributed by atoms with Gasteiger partial charge in [0.2, 0.25) is 0 Å². The minimum atomic E-state index is -0.291. The molecule has 0 aliphatic carbocycles. The molecule has 1 unspecified atom stereocenters. The molecule has 0 aromatic rings. The summed E-state index contributed by atoms with van der Waals surface area (Å²) in [6, 6.07) is 2.10. The van der Waals surface area contributed by atoms with E-state index in [2.05, 4.69) is 11.0 Å². The number of morpholine rings is 1. The van der Waals surface area contributed by atoms with Crippen LogP contribution in [0, 0.1) is 11.3 Å². The van der Waals surface area contributed by atoms with Crippen LogP contribution in [0.3, 0.4) is 0 Å². The molecule has 14 heavy (non-hydrogen) atoms. The van der Waals surface area contributed by atoms with Gasteiger partial charge in [-0.2, -0.15) is 5.26 Å². The molecule has 0 amide bonds. The number of ether oxygens (including phenoxy) is 1. The average molecular weight is 196 g/mol. The number of carbonyl (C=O) groups excluding carboxylic acids is 1. The molecule has 1 rings (SSSR count). The predicted molar refractivity (Wildman–Crippen MR) is 51.7 cm³/mol. The van der Waals surface area contributed by atoms with Gasteiger partial charge in [0.25, 0.3) is 0 Å². The molecule has 4 heteroatoms. The molecular weight excluding hydrogens is 180 g/mol. The normalized spacial score (nSPS) is 23.0. The van der Waals surface area contributed by atoms with Crippen molar-refractivity contribution in [2.24, 2.45) is 0 Å². The van der Waals surface area contributed by atoms with Crippen molar-refractivity contribution in [2.75, 3.05) is 26.2 Å². The molecule has 1 heterocycles. The molecule has 4 nitrogen and oxygen atoms in total. The third-order valence-electron chi connectivity index (χ3n) is 2.30. The zero-order chi connectivity index (χ0) is 10.4. The van der Waals surface area contributed by atoms with Crippen LogP contribution in [0.1, 0.15) is 19.8 Å². The van der Waals surface area contributed by atoms with Crippen molar-refractivity contribution in [2.45, 2.75) is 25.9 Å². The molecular formula is C10H16N2O2. The van der Waals surface area contributed by atoms with Gasteiger partial charge in [0.1, 0.15) is 5.78 Å². The molecule has 1 saturated heterocycles. The van der Waals surface area contributed by atoms with Crippen LogP contribution in [0.4, 0.5) is 0 Å². The molecule has 0 aromatic carbocycles. The molecule has 78 valence electrons. The lowest BCUT2D eigenvalue weighted by Gasteiger charge is -2.29. The lowest BCUT2D eigenvalue weighted by Crippen LogP contribution is -2.42. The zero-order valence-electron chi connectivity index (χ0n) is 8.53. The van der Waals surface area contributed by atoms with Crippen LogP contribution in [0.5, 0.6) is 0 Å². The van der Waals surface area contributed by atoms with Crippen molar-refractivity contribution in [1.29, 1.82) is 5.26 Å². The first-order valence-electron chi connectivity index (χ1n) is 4.95. The van der Waals surface area contributed by atoms with Crippen LogP contribution in [0.15, 0.2) is 0 Å². The highest BCUT2D eigenvalue weighted by Crippen LogP contribution is 2.05. The second-order valence-electron chi connectivity index (χ2n) is 3.59. The van der Waals surface area contributed by atoms with E-state index >= 15 is 0 Å². The smallest absolute Gasteiger partial charge is 0.156 e. The van der Waals surface area contributed by atoms with Gasteiger partial charge in [-0.1, -0.05) is 0 Å². The van der Waals surface area contributed by atoms with Crippen molar-refractivity contribution in [3.8, 4) is 6.07 Å². The molecule has 0 aromatic heterocycles. The van der Waals surface area contributed by atoms with Gasteiger partial charge < -0.3 is 9.53 Å². The Labute approximate surface area is 84.4 Å². The number of Topliss-reactive ketones (excluding diaryl/α,β-unsaturated/α-hetero) is 1. The SMILES string of the molecule is CC(=O)CCCN1CCOC(C#N)C1. The third-order valence-corrected chi connectivity index (χ3v) is 2.30. The Morgan fingerprint density at radius 2 is 2.50 bits per heavy atom. The number of nitriles is 1. The molecule has 0 saturated carbocycles. The average Bonchev–Trinajstić information content (AvgIpc) is 2.18. The van der Waals surface area contributed by atoms with Crippen molar-refractivity contribution in [3.63, 3.8) is 0 Å². The number of carbonyl (C=O) groups is 1. The van der Waals surface area contributed by atoms with Gasteiger partial charge in [0, 0.05) is 19.5 Å². The molecule has 1 aliphatic heterocycles. The molecule has 0 N–H and O–H groups in total. The van der Waals surface area contributed by atoms with Crippen molar-refractivity contribution >= 4 is 5.78 Å². The van der Waals surface area contributed by atoms with Gasteiger partial charge in [-0.15, -0.1) is 0 Å². The maximum absolute atomic E-state index is 10.7. The molecule has 1 atom stereocenters. The Kier molecular flexibility index (Phi) is 4.57. The standard InChI is InChI=1S/C10H16N2O2/c1-9(13)3-2-4-12-5-6-14-10(7-11)8-12/h10H,2-6,8H2,1H3. The van der Waals surface area contributed by atoms with Crippen LogP contribution in [-0.2, 0) is 9.53 Å². The maximum Gasteiger partial charge on any atom is 0.156 e. The van der Waals surface area contributed by atoms with Crippen LogP contribution >= 0.6 is 0 Å². The first-order valence-corrected chi connectivity index (χ1v) is 4.95. The number of rotatable bonds is 4. The van der Waals surface area contributed by atoms with Gasteiger partial charge >= 0.3 is 0 Å². The van der Waals surface area contributed by atoms with E-state index in [4.69, 9.17) is 10.00 Å². The Hall–Kier alpha value is -0.920. The monoisotopic (exact) mass is 196 g/mol. The fraction of sp³-hybridized carbons (Fsp3) is 0.800. The fourth-order valence-electron chi connectivity index (χ4n) is 1.54. The summed E-state index contributed by atoms with van der Waals surface area (Å²) in [5, 5.41) is 8.67. The summed E-state index contributed by atoms with van der Waals surface area (Å²) in [5.74, 6) is 0.232. The van der Waals surface area contributed by atoms with Crippen LogP contribution in [0.25, 0.3) is 0 Å². The van der Waals surface area contributed by atoms with Crippen molar-refractivity contribution in [1.82, 2.24) is 4.90 Å².